The van der Waals surface area contributed by atoms with E-state index < -0.39 is 23.3 Å². The molecule has 0 aliphatic rings. The monoisotopic (exact) mass is 430 g/mol. The number of benzene rings is 2. The zero-order valence-electron chi connectivity index (χ0n) is 18.7. The van der Waals surface area contributed by atoms with Crippen molar-refractivity contribution in [3.05, 3.63) is 92.3 Å². The van der Waals surface area contributed by atoms with Crippen LogP contribution in [0, 0.1) is 32.1 Å². The van der Waals surface area contributed by atoms with E-state index in [1.165, 1.54) is 6.92 Å². The van der Waals surface area contributed by atoms with Gasteiger partial charge in [0.15, 0.2) is 6.10 Å². The molecular weight excluding hydrogens is 404 g/mol. The van der Waals surface area contributed by atoms with E-state index in [4.69, 9.17) is 4.74 Å². The molecule has 164 valence electrons. The molecule has 2 aromatic carbocycles. The van der Waals surface area contributed by atoms with Gasteiger partial charge in [-0.15, -0.1) is 0 Å². The lowest BCUT2D eigenvalue weighted by molar-refractivity contribution is 0.0812. The maximum atomic E-state index is 13.2. The van der Waals surface area contributed by atoms with Crippen molar-refractivity contribution in [2.24, 2.45) is 0 Å². The second kappa shape index (κ2) is 9.52. The van der Waals surface area contributed by atoms with Gasteiger partial charge in [0.05, 0.1) is 5.56 Å². The number of aromatic nitrogens is 1. The Hall–Kier alpha value is -3.85. The molecule has 1 atom stereocenters. The second-order valence-corrected chi connectivity index (χ2v) is 7.87. The van der Waals surface area contributed by atoms with Crippen LogP contribution in [-0.4, -0.2) is 21.6 Å². The van der Waals surface area contributed by atoms with Crippen molar-refractivity contribution in [2.45, 2.75) is 46.8 Å². The van der Waals surface area contributed by atoms with Gasteiger partial charge >= 0.3 is 0 Å². The molecule has 3 rings (SSSR count). The standard InChI is InChI=1S/C26H26N2O4/c1-16-10-11-21(14-17(16)2)32-19(4)24(29)23-18(3)22(15-27)25(30)28(26(23)31)13-12-20-8-6-5-7-9-20/h5-11,14,19,31H,12-13H2,1-4H3. The Morgan fingerprint density at radius 2 is 1.81 bits per heavy atom. The topological polar surface area (TPSA) is 92.3 Å². The molecule has 0 saturated heterocycles. The normalized spacial score (nSPS) is 11.6. The number of aromatic hydroxyl groups is 1. The third kappa shape index (κ3) is 4.57. The van der Waals surface area contributed by atoms with Gasteiger partial charge < -0.3 is 9.84 Å². The Morgan fingerprint density at radius 1 is 1.12 bits per heavy atom. The van der Waals surface area contributed by atoms with Crippen LogP contribution in [0.1, 0.15) is 45.1 Å². The zero-order chi connectivity index (χ0) is 23.4. The number of Topliss-reactive ketones (excluding diaryl/α,β-unsaturated/α-hetero) is 1. The van der Waals surface area contributed by atoms with Gasteiger partial charge in [0.1, 0.15) is 17.4 Å². The average Bonchev–Trinajstić information content (AvgIpc) is 2.77. The van der Waals surface area contributed by atoms with Crippen LogP contribution in [0.5, 0.6) is 11.6 Å². The van der Waals surface area contributed by atoms with Gasteiger partial charge in [0.25, 0.3) is 5.56 Å². The van der Waals surface area contributed by atoms with Gasteiger partial charge in [0.2, 0.25) is 11.7 Å². The van der Waals surface area contributed by atoms with Gasteiger partial charge in [0, 0.05) is 6.54 Å². The minimum absolute atomic E-state index is 0.0643. The van der Waals surface area contributed by atoms with E-state index in [9.17, 15) is 20.0 Å². The first-order valence-electron chi connectivity index (χ1n) is 10.4. The number of aryl methyl sites for hydroxylation is 3. The number of carbonyl (C=O) groups excluding carboxylic acids is 1. The fourth-order valence-electron chi connectivity index (χ4n) is 3.59. The summed E-state index contributed by atoms with van der Waals surface area (Å²) in [5.41, 5.74) is 2.43. The van der Waals surface area contributed by atoms with Gasteiger partial charge in [-0.1, -0.05) is 36.4 Å². The summed E-state index contributed by atoms with van der Waals surface area (Å²) in [6.45, 7) is 7.15. The summed E-state index contributed by atoms with van der Waals surface area (Å²) in [4.78, 5) is 26.0. The summed E-state index contributed by atoms with van der Waals surface area (Å²) >= 11 is 0. The molecule has 0 aliphatic carbocycles. The first-order chi connectivity index (χ1) is 15.2. The Balaban J connectivity index is 1.97. The largest absolute Gasteiger partial charge is 0.494 e. The maximum Gasteiger partial charge on any atom is 0.271 e. The first kappa shape index (κ1) is 22.8. The first-order valence-corrected chi connectivity index (χ1v) is 10.4. The molecule has 32 heavy (non-hydrogen) atoms. The van der Waals surface area contributed by atoms with Crippen LogP contribution in [-0.2, 0) is 13.0 Å². The van der Waals surface area contributed by atoms with Crippen LogP contribution < -0.4 is 10.3 Å². The lowest BCUT2D eigenvalue weighted by Crippen LogP contribution is -2.31. The number of hydrogen-bond acceptors (Lipinski definition) is 5. The number of ketones is 1. The summed E-state index contributed by atoms with van der Waals surface area (Å²) in [5.74, 6) is -0.407. The molecule has 3 aromatic rings. The molecule has 6 nitrogen and oxygen atoms in total. The molecule has 0 radical (unpaired) electrons. The highest BCUT2D eigenvalue weighted by molar-refractivity contribution is 6.03. The molecule has 0 saturated carbocycles. The molecule has 1 aromatic heterocycles. The molecule has 0 amide bonds. The maximum absolute atomic E-state index is 13.2. The molecule has 1 heterocycles. The molecule has 6 heteroatoms. The highest BCUT2D eigenvalue weighted by atomic mass is 16.5. The molecule has 1 unspecified atom stereocenters. The lowest BCUT2D eigenvalue weighted by Gasteiger charge is -2.19. The van der Waals surface area contributed by atoms with E-state index in [-0.39, 0.29) is 23.2 Å². The number of carbonyl (C=O) groups is 1. The van der Waals surface area contributed by atoms with Crippen LogP contribution in [0.15, 0.2) is 53.3 Å². The third-order valence-electron chi connectivity index (χ3n) is 5.67. The van der Waals surface area contributed by atoms with Crippen LogP contribution in [0.25, 0.3) is 0 Å². The highest BCUT2D eigenvalue weighted by Gasteiger charge is 2.28. The molecule has 0 bridgehead atoms. The zero-order valence-corrected chi connectivity index (χ0v) is 18.7. The van der Waals surface area contributed by atoms with E-state index in [0.29, 0.717) is 12.2 Å². The smallest absolute Gasteiger partial charge is 0.271 e. The predicted octanol–water partition coefficient (Wildman–Crippen LogP) is 4.24. The van der Waals surface area contributed by atoms with Gasteiger partial charge in [-0.2, -0.15) is 5.26 Å². The lowest BCUT2D eigenvalue weighted by atomic mass is 9.99. The van der Waals surface area contributed by atoms with Crippen molar-refractivity contribution in [1.29, 1.82) is 5.26 Å². The van der Waals surface area contributed by atoms with E-state index in [0.717, 1.165) is 21.3 Å². The number of pyridine rings is 1. The van der Waals surface area contributed by atoms with Gasteiger partial charge in [-0.05, 0) is 68.5 Å². The number of hydrogen-bond donors (Lipinski definition) is 1. The molecule has 0 fully saturated rings. The predicted molar refractivity (Wildman–Crippen MR) is 122 cm³/mol. The van der Waals surface area contributed by atoms with Crippen LogP contribution in [0.4, 0.5) is 0 Å². The minimum atomic E-state index is -0.923. The van der Waals surface area contributed by atoms with Gasteiger partial charge in [-0.3, -0.25) is 14.2 Å². The fourth-order valence-corrected chi connectivity index (χ4v) is 3.59. The molecule has 0 spiro atoms. The number of rotatable bonds is 7. The Morgan fingerprint density at radius 3 is 2.44 bits per heavy atom. The van der Waals surface area contributed by atoms with E-state index >= 15 is 0 Å². The summed E-state index contributed by atoms with van der Waals surface area (Å²) in [6.07, 6.45) is -0.460. The summed E-state index contributed by atoms with van der Waals surface area (Å²) in [5, 5.41) is 20.4. The summed E-state index contributed by atoms with van der Waals surface area (Å²) in [6, 6.07) is 16.9. The van der Waals surface area contributed by atoms with Crippen LogP contribution >= 0.6 is 0 Å². The van der Waals surface area contributed by atoms with Crippen molar-refractivity contribution in [3.8, 4) is 17.7 Å². The van der Waals surface area contributed by atoms with Crippen LogP contribution in [0.3, 0.4) is 0 Å². The third-order valence-corrected chi connectivity index (χ3v) is 5.67. The number of nitrogens with zero attached hydrogens (tertiary/aromatic N) is 2. The van der Waals surface area contributed by atoms with Crippen molar-refractivity contribution < 1.29 is 14.6 Å². The number of nitriles is 1. The quantitative estimate of drug-likeness (QED) is 0.566. The van der Waals surface area contributed by atoms with Crippen molar-refractivity contribution in [2.75, 3.05) is 0 Å². The second-order valence-electron chi connectivity index (χ2n) is 7.87. The van der Waals surface area contributed by atoms with Crippen molar-refractivity contribution >= 4 is 5.78 Å². The van der Waals surface area contributed by atoms with Gasteiger partial charge in [-0.25, -0.2) is 0 Å². The highest BCUT2D eigenvalue weighted by Crippen LogP contribution is 2.26. The van der Waals surface area contributed by atoms with E-state index in [1.807, 2.05) is 62.4 Å². The van der Waals surface area contributed by atoms with E-state index in [1.54, 1.807) is 13.0 Å². The Bertz CT molecular complexity index is 1250. The summed E-state index contributed by atoms with van der Waals surface area (Å²) < 4.78 is 6.91. The minimum Gasteiger partial charge on any atom is -0.494 e. The molecule has 1 N–H and O–H groups in total. The van der Waals surface area contributed by atoms with Crippen molar-refractivity contribution in [3.63, 3.8) is 0 Å². The van der Waals surface area contributed by atoms with E-state index in [2.05, 4.69) is 0 Å². The average molecular weight is 431 g/mol. The summed E-state index contributed by atoms with van der Waals surface area (Å²) in [7, 11) is 0. The Kier molecular flexibility index (Phi) is 6.79. The fraction of sp³-hybridized carbons (Fsp3) is 0.269. The van der Waals surface area contributed by atoms with Crippen LogP contribution in [0.2, 0.25) is 0 Å². The number of ether oxygens (including phenoxy) is 1. The Labute approximate surface area is 187 Å². The SMILES string of the molecule is Cc1ccc(OC(C)C(=O)c2c(C)c(C#N)c(=O)n(CCc3ccccc3)c2O)cc1C. The molecule has 0 aliphatic heterocycles. The molecular formula is C26H26N2O4. The van der Waals surface area contributed by atoms with Crippen molar-refractivity contribution in [1.82, 2.24) is 4.57 Å².